The summed E-state index contributed by atoms with van der Waals surface area (Å²) < 4.78 is 27.8. The third-order valence-electron chi connectivity index (χ3n) is 9.35. The van der Waals surface area contributed by atoms with Crippen LogP contribution in [0.3, 0.4) is 0 Å². The average Bonchev–Trinajstić information content (AvgIpc) is 3.61. The highest BCUT2D eigenvalue weighted by atomic mass is 19.1. The summed E-state index contributed by atoms with van der Waals surface area (Å²) in [6, 6.07) is 0. The summed E-state index contributed by atoms with van der Waals surface area (Å²) in [6.45, 7) is 2.13. The van der Waals surface area contributed by atoms with Crippen molar-refractivity contribution in [2.24, 2.45) is 11.3 Å². The summed E-state index contributed by atoms with van der Waals surface area (Å²) in [6.07, 6.45) is 16.0. The molecule has 10 nitrogen and oxygen atoms in total. The maximum atomic E-state index is 14.5. The Balaban J connectivity index is 1.22. The fourth-order valence-electron chi connectivity index (χ4n) is 6.89. The largest absolute Gasteiger partial charge is 0.456 e. The Bertz CT molecular complexity index is 1290. The molecule has 1 amide bonds. The van der Waals surface area contributed by atoms with Crippen molar-refractivity contribution in [3.8, 4) is 12.3 Å². The lowest BCUT2D eigenvalue weighted by atomic mass is 9.69. The minimum Gasteiger partial charge on any atom is -0.456 e. The van der Waals surface area contributed by atoms with Crippen LogP contribution in [-0.4, -0.2) is 54.8 Å². The zero-order valence-corrected chi connectivity index (χ0v) is 24.4. The Kier molecular flexibility index (Phi) is 9.74. The van der Waals surface area contributed by atoms with E-state index in [1.165, 1.54) is 36.6 Å². The summed E-state index contributed by atoms with van der Waals surface area (Å²) in [5, 5.41) is 13.7. The smallest absolute Gasteiger partial charge is 0.312 e. The number of fused-ring (bicyclic) bond motifs is 1. The first-order chi connectivity index (χ1) is 20.3. The van der Waals surface area contributed by atoms with Gasteiger partial charge in [0.1, 0.15) is 6.23 Å². The quantitative estimate of drug-likeness (QED) is 0.169. The van der Waals surface area contributed by atoms with Crippen LogP contribution in [0, 0.1) is 29.8 Å². The molecule has 2 unspecified atom stereocenters. The first kappa shape index (κ1) is 30.4. The van der Waals surface area contributed by atoms with Crippen molar-refractivity contribution in [3.05, 3.63) is 12.4 Å². The zero-order valence-electron chi connectivity index (χ0n) is 24.4. The molecule has 3 aliphatic rings. The molecule has 2 aromatic rings. The maximum Gasteiger partial charge on any atom is 0.312 e. The number of nitrogens with zero attached hydrogens (tertiary/aromatic N) is 4. The van der Waals surface area contributed by atoms with Crippen molar-refractivity contribution in [1.82, 2.24) is 19.5 Å². The molecular weight excluding hydrogens is 541 g/mol. The fourth-order valence-corrected chi connectivity index (χ4v) is 6.89. The molecule has 2 aromatic heterocycles. The van der Waals surface area contributed by atoms with Crippen LogP contribution in [0.1, 0.15) is 109 Å². The number of anilines is 1. The minimum atomic E-state index is -1.12. The first-order valence-electron chi connectivity index (χ1n) is 15.5. The maximum absolute atomic E-state index is 14.5. The Morgan fingerprint density at radius 2 is 1.93 bits per heavy atom. The highest BCUT2D eigenvalue weighted by Crippen LogP contribution is 2.50. The van der Waals surface area contributed by atoms with E-state index in [1.54, 1.807) is 0 Å². The van der Waals surface area contributed by atoms with Crippen molar-refractivity contribution < 1.29 is 28.6 Å². The number of nitrogens with one attached hydrogen (secondary N) is 1. The molecular formula is C31H42FN5O5. The number of ether oxygens (including phenoxy) is 2. The van der Waals surface area contributed by atoms with Crippen LogP contribution in [0.5, 0.6) is 0 Å². The number of hydrogen-bond acceptors (Lipinski definition) is 8. The Morgan fingerprint density at radius 1 is 1.19 bits per heavy atom. The van der Waals surface area contributed by atoms with E-state index in [0.717, 1.165) is 57.8 Å². The lowest BCUT2D eigenvalue weighted by Gasteiger charge is -2.39. The third kappa shape index (κ3) is 6.76. The van der Waals surface area contributed by atoms with Crippen LogP contribution < -0.4 is 5.32 Å². The Morgan fingerprint density at radius 3 is 2.64 bits per heavy atom. The van der Waals surface area contributed by atoms with Crippen molar-refractivity contribution >= 4 is 28.9 Å². The number of unbranched alkanes of at least 4 members (excludes halogenated alkanes) is 4. The molecule has 2 aliphatic carbocycles. The van der Waals surface area contributed by atoms with Gasteiger partial charge in [-0.1, -0.05) is 51.4 Å². The van der Waals surface area contributed by atoms with E-state index in [0.29, 0.717) is 11.8 Å². The zero-order chi connectivity index (χ0) is 29.7. The monoisotopic (exact) mass is 583 g/mol. The molecule has 0 bridgehead atoms. The van der Waals surface area contributed by atoms with E-state index in [-0.39, 0.29) is 41.2 Å². The normalized spacial score (nSPS) is 25.9. The van der Waals surface area contributed by atoms with Gasteiger partial charge < -0.3 is 19.9 Å². The van der Waals surface area contributed by atoms with Gasteiger partial charge in [0.15, 0.2) is 29.2 Å². The van der Waals surface area contributed by atoms with E-state index in [1.807, 2.05) is 0 Å². The topological polar surface area (TPSA) is 128 Å². The number of rotatable bonds is 10. The number of halogens is 1. The fraction of sp³-hybridized carbons (Fsp3) is 0.710. The van der Waals surface area contributed by atoms with Gasteiger partial charge in [-0.25, -0.2) is 4.98 Å². The molecule has 4 atom stereocenters. The molecule has 11 heteroatoms. The average molecular weight is 584 g/mol. The second kappa shape index (κ2) is 13.5. The second-order valence-electron chi connectivity index (χ2n) is 12.2. The number of hydrogen-bond donors (Lipinski definition) is 2. The summed E-state index contributed by atoms with van der Waals surface area (Å²) in [5.74, 6) is 1.64. The van der Waals surface area contributed by atoms with Crippen molar-refractivity contribution in [2.75, 3.05) is 5.32 Å². The van der Waals surface area contributed by atoms with E-state index in [2.05, 4.69) is 33.1 Å². The van der Waals surface area contributed by atoms with Crippen molar-refractivity contribution in [2.45, 2.75) is 128 Å². The number of esters is 1. The molecule has 5 rings (SSSR count). The summed E-state index contributed by atoms with van der Waals surface area (Å²) in [4.78, 5) is 37.5. The van der Waals surface area contributed by atoms with Gasteiger partial charge in [-0.2, -0.15) is 14.4 Å². The molecule has 228 valence electrons. The second-order valence-corrected chi connectivity index (χ2v) is 12.2. The molecule has 42 heavy (non-hydrogen) atoms. The van der Waals surface area contributed by atoms with Crippen LogP contribution in [0.25, 0.3) is 11.2 Å². The Labute approximate surface area is 246 Å². The number of carbonyl (C=O) groups excluding carboxylic acids is 2. The van der Waals surface area contributed by atoms with Crippen molar-refractivity contribution in [3.63, 3.8) is 0 Å². The number of aliphatic hydroxyl groups excluding tert-OH is 1. The molecule has 2 N–H and O–H groups in total. The van der Waals surface area contributed by atoms with Crippen LogP contribution >= 0.6 is 0 Å². The number of amides is 1. The first-order valence-corrected chi connectivity index (χ1v) is 15.5. The SMILES string of the molecule is C#CC1O[C@@H](n2cnc3c(NC(=O)CCCCCCC)nc(F)nc32)C[C@H](O)C1OC(=O)C1CCC2(CCCC2)CC1. The summed E-state index contributed by atoms with van der Waals surface area (Å²) in [7, 11) is 0. The van der Waals surface area contributed by atoms with Crippen LogP contribution in [0.2, 0.25) is 0 Å². The number of imidazole rings is 1. The number of aromatic nitrogens is 4. The van der Waals surface area contributed by atoms with E-state index >= 15 is 0 Å². The summed E-state index contributed by atoms with van der Waals surface area (Å²) in [5.41, 5.74) is 0.677. The molecule has 2 saturated carbocycles. The summed E-state index contributed by atoms with van der Waals surface area (Å²) >= 11 is 0. The van der Waals surface area contributed by atoms with Gasteiger partial charge in [-0.15, -0.1) is 6.42 Å². The van der Waals surface area contributed by atoms with Gasteiger partial charge >= 0.3 is 12.0 Å². The van der Waals surface area contributed by atoms with E-state index < -0.39 is 30.6 Å². The number of aliphatic hydroxyl groups is 1. The van der Waals surface area contributed by atoms with Gasteiger partial charge in [0, 0.05) is 12.8 Å². The standard InChI is InChI=1S/C31H42FN5O5/c1-3-5-6-7-8-11-23(39)34-27-25-28(36-30(32)35-27)37(19-33-25)24-18-21(38)26(22(4-2)41-24)42-29(40)20-12-16-31(17-13-20)14-9-10-15-31/h2,19-22,24,26,38H,3,5-18H2,1H3,(H,34,35,36,39)/t21-,22?,24+,26?/m0/s1. The highest BCUT2D eigenvalue weighted by Gasteiger charge is 2.44. The molecule has 0 aromatic carbocycles. The molecule has 1 aliphatic heterocycles. The van der Waals surface area contributed by atoms with Gasteiger partial charge in [0.05, 0.1) is 18.3 Å². The predicted octanol–water partition coefficient (Wildman–Crippen LogP) is 5.21. The van der Waals surface area contributed by atoms with Gasteiger partial charge in [0.2, 0.25) is 5.91 Å². The van der Waals surface area contributed by atoms with Gasteiger partial charge in [-0.3, -0.25) is 14.2 Å². The lowest BCUT2D eigenvalue weighted by Crippen LogP contribution is -2.49. The van der Waals surface area contributed by atoms with E-state index in [9.17, 15) is 19.1 Å². The van der Waals surface area contributed by atoms with E-state index in [4.69, 9.17) is 15.9 Å². The molecule has 0 radical (unpaired) electrons. The highest BCUT2D eigenvalue weighted by molar-refractivity contribution is 5.96. The minimum absolute atomic E-state index is 0.0143. The Hall–Kier alpha value is -3.10. The predicted molar refractivity (Wildman–Crippen MR) is 153 cm³/mol. The van der Waals surface area contributed by atoms with Crippen LogP contribution in [0.15, 0.2) is 6.33 Å². The van der Waals surface area contributed by atoms with Crippen molar-refractivity contribution in [1.29, 1.82) is 0 Å². The molecule has 1 spiro atoms. The molecule has 3 fully saturated rings. The molecule has 3 heterocycles. The molecule has 1 saturated heterocycles. The van der Waals surface area contributed by atoms with Gasteiger partial charge in [0.25, 0.3) is 0 Å². The van der Waals surface area contributed by atoms with Crippen LogP contribution in [0.4, 0.5) is 10.2 Å². The lowest BCUT2D eigenvalue weighted by molar-refractivity contribution is -0.201. The third-order valence-corrected chi connectivity index (χ3v) is 9.35. The van der Waals surface area contributed by atoms with Crippen LogP contribution in [-0.2, 0) is 19.1 Å². The number of carbonyl (C=O) groups is 2. The van der Waals surface area contributed by atoms with Gasteiger partial charge in [-0.05, 0) is 50.4 Å². The number of terminal acetylenes is 1.